The molecule has 0 radical (unpaired) electrons. The lowest BCUT2D eigenvalue weighted by Gasteiger charge is -2.31. The van der Waals surface area contributed by atoms with Crippen LogP contribution in [-0.2, 0) is 25.7 Å². The first kappa shape index (κ1) is 25.8. The number of ether oxygens (including phenoxy) is 1. The van der Waals surface area contributed by atoms with Crippen molar-refractivity contribution in [3.05, 3.63) is 78.1 Å². The zero-order chi connectivity index (χ0) is 26.6. The zero-order valence-electron chi connectivity index (χ0n) is 19.8. The van der Waals surface area contributed by atoms with Crippen LogP contribution in [0.25, 0.3) is 0 Å². The second kappa shape index (κ2) is 10.3. The summed E-state index contributed by atoms with van der Waals surface area (Å²) < 4.78 is 7.64. The van der Waals surface area contributed by atoms with Gasteiger partial charge >= 0.3 is 4.87 Å². The normalized spacial score (nSPS) is 22.9. The highest BCUT2D eigenvalue weighted by Crippen LogP contribution is 2.54. The lowest BCUT2D eigenvalue weighted by molar-refractivity contribution is -0.136. The molecule has 8 nitrogen and oxygen atoms in total. The van der Waals surface area contributed by atoms with Gasteiger partial charge in [0, 0.05) is 33.4 Å². The molecule has 196 valence electrons. The molecule has 2 unspecified atom stereocenters. The smallest absolute Gasteiger partial charge is 0.308 e. The Kier molecular flexibility index (Phi) is 6.98. The summed E-state index contributed by atoms with van der Waals surface area (Å²) in [5.74, 6) is -2.04. The van der Waals surface area contributed by atoms with Gasteiger partial charge < -0.3 is 9.64 Å². The van der Waals surface area contributed by atoms with Crippen molar-refractivity contribution in [1.82, 2.24) is 9.47 Å². The molecule has 3 atom stereocenters. The van der Waals surface area contributed by atoms with Gasteiger partial charge in [0.05, 0.1) is 29.8 Å². The van der Waals surface area contributed by atoms with E-state index in [0.29, 0.717) is 46.9 Å². The van der Waals surface area contributed by atoms with Crippen molar-refractivity contribution < 1.29 is 19.1 Å². The minimum Gasteiger partial charge on any atom is -0.378 e. The minimum absolute atomic E-state index is 0.124. The second-order valence-electron chi connectivity index (χ2n) is 9.20. The molecule has 1 aromatic heterocycles. The third kappa shape index (κ3) is 4.44. The third-order valence-electron chi connectivity index (χ3n) is 7.02. The van der Waals surface area contributed by atoms with E-state index in [1.165, 1.54) is 21.2 Å². The molecular formula is C26H21BrClN3O5S2. The summed E-state index contributed by atoms with van der Waals surface area (Å²) in [4.78, 5) is 57.2. The second-order valence-corrected chi connectivity index (χ2v) is 12.7. The van der Waals surface area contributed by atoms with Crippen LogP contribution in [0.3, 0.4) is 0 Å². The van der Waals surface area contributed by atoms with Gasteiger partial charge in [0.1, 0.15) is 11.8 Å². The van der Waals surface area contributed by atoms with Crippen molar-refractivity contribution in [2.45, 2.75) is 22.7 Å². The topological polar surface area (TPSA) is 88.9 Å². The molecule has 6 rings (SSSR count). The number of carbonyl (C=O) groups is 3. The number of hydrogen-bond acceptors (Lipinski definition) is 7. The number of nitrogens with zero attached hydrogens (tertiary/aromatic N) is 3. The first-order valence-electron chi connectivity index (χ1n) is 12.0. The van der Waals surface area contributed by atoms with E-state index >= 15 is 0 Å². The molecule has 0 bridgehead atoms. The van der Waals surface area contributed by atoms with E-state index in [-0.39, 0.29) is 29.1 Å². The van der Waals surface area contributed by atoms with E-state index in [1.54, 1.807) is 41.3 Å². The van der Waals surface area contributed by atoms with Gasteiger partial charge in [-0.15, -0.1) is 0 Å². The Hall–Kier alpha value is -2.44. The molecule has 0 spiro atoms. The average Bonchev–Trinajstić information content (AvgIpc) is 3.36. The maximum absolute atomic E-state index is 13.9. The van der Waals surface area contributed by atoms with Crippen LogP contribution in [0.5, 0.6) is 0 Å². The number of hydrogen-bond donors (Lipinski definition) is 0. The standard InChI is InChI=1S/C26H21BrClN3O5S2/c27-15-3-7-17(8-4-15)31-23(33)20-19(14-1-5-16(28)6-2-14)22-25(37-21(20)24(31)34)30(26(35)38-22)13-18(32)29-9-11-36-12-10-29/h1-8,19-21H,9-13H2/t19-,20?,21?/m0/s1. The molecule has 0 N–H and O–H groups in total. The van der Waals surface area contributed by atoms with Crippen molar-refractivity contribution in [3.63, 3.8) is 0 Å². The number of benzene rings is 2. The summed E-state index contributed by atoms with van der Waals surface area (Å²) in [6, 6.07) is 14.2. The monoisotopic (exact) mass is 633 g/mol. The van der Waals surface area contributed by atoms with Gasteiger partial charge in [0.25, 0.3) is 0 Å². The van der Waals surface area contributed by atoms with E-state index in [4.69, 9.17) is 16.3 Å². The van der Waals surface area contributed by atoms with Crippen LogP contribution >= 0.6 is 50.6 Å². The molecule has 2 saturated heterocycles. The van der Waals surface area contributed by atoms with Crippen LogP contribution in [0.1, 0.15) is 16.4 Å². The van der Waals surface area contributed by atoms with E-state index in [9.17, 15) is 19.2 Å². The molecule has 0 aliphatic carbocycles. The van der Waals surface area contributed by atoms with Gasteiger partial charge in [-0.2, -0.15) is 0 Å². The summed E-state index contributed by atoms with van der Waals surface area (Å²) in [5.41, 5.74) is 1.29. The van der Waals surface area contributed by atoms with Crippen molar-refractivity contribution in [3.8, 4) is 0 Å². The quantitative estimate of drug-likeness (QED) is 0.404. The van der Waals surface area contributed by atoms with E-state index in [0.717, 1.165) is 21.4 Å². The van der Waals surface area contributed by atoms with Crippen molar-refractivity contribution in [2.24, 2.45) is 5.92 Å². The van der Waals surface area contributed by atoms with Crippen LogP contribution in [0, 0.1) is 5.92 Å². The Balaban J connectivity index is 1.43. The van der Waals surface area contributed by atoms with Crippen molar-refractivity contribution in [1.29, 1.82) is 0 Å². The van der Waals surface area contributed by atoms with Gasteiger partial charge in [-0.25, -0.2) is 4.90 Å². The van der Waals surface area contributed by atoms with E-state index < -0.39 is 17.1 Å². The SMILES string of the molecule is O=C(Cn1c2c(sc1=O)[C@@H](c1ccc(Cl)cc1)C1C(=O)N(c3ccc(Br)cc3)C(=O)C1S2)N1CCOCC1. The summed E-state index contributed by atoms with van der Waals surface area (Å²) >= 11 is 11.8. The van der Waals surface area contributed by atoms with Gasteiger partial charge in [-0.1, -0.05) is 62.8 Å². The number of imide groups is 1. The lowest BCUT2D eigenvalue weighted by atomic mass is 9.83. The first-order chi connectivity index (χ1) is 18.3. The number of morpholine rings is 1. The van der Waals surface area contributed by atoms with E-state index in [2.05, 4.69) is 15.9 Å². The summed E-state index contributed by atoms with van der Waals surface area (Å²) in [7, 11) is 0. The van der Waals surface area contributed by atoms with Crippen LogP contribution in [-0.4, -0.2) is 58.7 Å². The zero-order valence-corrected chi connectivity index (χ0v) is 23.8. The minimum atomic E-state index is -0.738. The number of rotatable bonds is 4. The summed E-state index contributed by atoms with van der Waals surface area (Å²) in [6.45, 7) is 1.74. The molecule has 3 aromatic rings. The van der Waals surface area contributed by atoms with Crippen LogP contribution in [0.4, 0.5) is 5.69 Å². The van der Waals surface area contributed by atoms with Gasteiger partial charge in [0.15, 0.2) is 0 Å². The average molecular weight is 635 g/mol. The number of aromatic nitrogens is 1. The maximum Gasteiger partial charge on any atom is 0.308 e. The highest BCUT2D eigenvalue weighted by atomic mass is 79.9. The number of anilines is 1. The molecule has 0 saturated carbocycles. The molecule has 2 fully saturated rings. The fourth-order valence-electron chi connectivity index (χ4n) is 5.18. The molecule has 4 heterocycles. The number of amides is 3. The fourth-order valence-corrected chi connectivity index (χ4v) is 8.34. The van der Waals surface area contributed by atoms with Gasteiger partial charge in [-0.3, -0.25) is 23.7 Å². The summed E-state index contributed by atoms with van der Waals surface area (Å²) in [5, 5.41) is 0.377. The fraction of sp³-hybridized carbons (Fsp3) is 0.308. The Morgan fingerprint density at radius 1 is 1.00 bits per heavy atom. The Morgan fingerprint density at radius 3 is 2.37 bits per heavy atom. The molecule has 2 aromatic carbocycles. The number of fused-ring (bicyclic) bond motifs is 2. The van der Waals surface area contributed by atoms with Gasteiger partial charge in [-0.05, 0) is 42.0 Å². The Bertz CT molecular complexity index is 1480. The number of carbonyl (C=O) groups excluding carboxylic acids is 3. The van der Waals surface area contributed by atoms with Crippen LogP contribution < -0.4 is 9.77 Å². The van der Waals surface area contributed by atoms with Crippen molar-refractivity contribution in [2.75, 3.05) is 31.2 Å². The third-order valence-corrected chi connectivity index (χ3v) is 10.4. The highest BCUT2D eigenvalue weighted by Gasteiger charge is 2.56. The number of halogens is 2. The number of thioether (sulfide) groups is 1. The van der Waals surface area contributed by atoms with E-state index in [1.807, 2.05) is 12.1 Å². The largest absolute Gasteiger partial charge is 0.378 e. The van der Waals surface area contributed by atoms with Gasteiger partial charge in [0.2, 0.25) is 17.7 Å². The lowest BCUT2D eigenvalue weighted by Crippen LogP contribution is -2.43. The molecular weight excluding hydrogens is 614 g/mol. The molecule has 3 amide bonds. The maximum atomic E-state index is 13.9. The highest BCUT2D eigenvalue weighted by molar-refractivity contribution is 9.10. The van der Waals surface area contributed by atoms with Crippen LogP contribution in [0.15, 0.2) is 62.8 Å². The molecule has 12 heteroatoms. The molecule has 3 aliphatic heterocycles. The first-order valence-corrected chi connectivity index (χ1v) is 14.8. The summed E-state index contributed by atoms with van der Waals surface area (Å²) in [6.07, 6.45) is 0. The molecule has 38 heavy (non-hydrogen) atoms. The Morgan fingerprint density at radius 2 is 1.68 bits per heavy atom. The predicted octanol–water partition coefficient (Wildman–Crippen LogP) is 3.98. The van der Waals surface area contributed by atoms with Crippen molar-refractivity contribution >= 4 is 74.0 Å². The van der Waals surface area contributed by atoms with Crippen LogP contribution in [0.2, 0.25) is 5.02 Å². The Labute approximate surface area is 239 Å². The number of thiazole rings is 1. The predicted molar refractivity (Wildman–Crippen MR) is 149 cm³/mol. The molecule has 3 aliphatic rings.